The lowest BCUT2D eigenvalue weighted by atomic mass is 10.1. The maximum atomic E-state index is 13.1. The number of benzene rings is 3. The number of rotatable bonds is 6. The molecule has 0 N–H and O–H groups in total. The minimum atomic E-state index is -0.275. The van der Waals surface area contributed by atoms with Crippen molar-refractivity contribution in [2.45, 2.75) is 27.7 Å². The number of nitrogens with zero attached hydrogens (tertiary/aromatic N) is 2. The lowest BCUT2D eigenvalue weighted by Crippen LogP contribution is -2.32. The van der Waals surface area contributed by atoms with Gasteiger partial charge in [-0.2, -0.15) is 0 Å². The third kappa shape index (κ3) is 4.56. The van der Waals surface area contributed by atoms with Gasteiger partial charge in [0.1, 0.15) is 12.4 Å². The lowest BCUT2D eigenvalue weighted by Gasteiger charge is -2.14. The van der Waals surface area contributed by atoms with E-state index >= 15 is 0 Å². The fraction of sp³-hybridized carbons (Fsp3) is 0.200. The van der Waals surface area contributed by atoms with E-state index in [2.05, 4.69) is 49.6 Å². The summed E-state index contributed by atoms with van der Waals surface area (Å²) in [6.45, 7) is 8.71. The maximum Gasteiger partial charge on any atom is 0.293 e. The van der Waals surface area contributed by atoms with Crippen molar-refractivity contribution in [1.29, 1.82) is 0 Å². The van der Waals surface area contributed by atoms with Gasteiger partial charge in [0.2, 0.25) is 0 Å². The Labute approximate surface area is 215 Å². The SMILES string of the molecule is Cc1cc(C)cc(-n2c(C)cc(/C=C3\SC(=O)N(CCOc4cccc5ccccc45)C3=O)c2C)c1. The molecule has 3 aromatic carbocycles. The number of imide groups is 1. The summed E-state index contributed by atoms with van der Waals surface area (Å²) in [6.07, 6.45) is 1.83. The minimum absolute atomic E-state index is 0.201. The topological polar surface area (TPSA) is 51.5 Å². The lowest BCUT2D eigenvalue weighted by molar-refractivity contribution is -0.123. The molecular weight excluding hydrogens is 468 g/mol. The number of fused-ring (bicyclic) bond motifs is 1. The highest BCUT2D eigenvalue weighted by molar-refractivity contribution is 8.18. The van der Waals surface area contributed by atoms with E-state index in [1.165, 1.54) is 16.0 Å². The van der Waals surface area contributed by atoms with E-state index < -0.39 is 0 Å². The predicted octanol–water partition coefficient (Wildman–Crippen LogP) is 6.98. The Bertz CT molecular complexity index is 1510. The molecule has 0 atom stereocenters. The second-order valence-corrected chi connectivity index (χ2v) is 10.2. The fourth-order valence-corrected chi connectivity index (χ4v) is 5.67. The molecule has 5 rings (SSSR count). The summed E-state index contributed by atoms with van der Waals surface area (Å²) in [5, 5.41) is 1.83. The monoisotopic (exact) mass is 496 g/mol. The summed E-state index contributed by atoms with van der Waals surface area (Å²) in [5.41, 5.74) is 6.54. The molecule has 0 bridgehead atoms. The van der Waals surface area contributed by atoms with E-state index in [0.29, 0.717) is 4.91 Å². The Kier molecular flexibility index (Phi) is 6.46. The molecule has 1 saturated heterocycles. The zero-order chi connectivity index (χ0) is 25.4. The molecule has 36 heavy (non-hydrogen) atoms. The van der Waals surface area contributed by atoms with Crippen LogP contribution in [0.2, 0.25) is 0 Å². The Balaban J connectivity index is 1.33. The van der Waals surface area contributed by atoms with Crippen LogP contribution in [-0.2, 0) is 4.79 Å². The highest BCUT2D eigenvalue weighted by Crippen LogP contribution is 2.34. The number of hydrogen-bond acceptors (Lipinski definition) is 4. The third-order valence-corrected chi connectivity index (χ3v) is 7.32. The van der Waals surface area contributed by atoms with Crippen LogP contribution in [0.5, 0.6) is 5.75 Å². The molecular formula is C30H28N2O3S. The number of ether oxygens (including phenoxy) is 1. The number of aromatic nitrogens is 1. The molecule has 5 nitrogen and oxygen atoms in total. The summed E-state index contributed by atoms with van der Waals surface area (Å²) in [4.78, 5) is 27.5. The number of aryl methyl sites for hydroxylation is 3. The van der Waals surface area contributed by atoms with E-state index in [-0.39, 0.29) is 24.3 Å². The molecule has 2 heterocycles. The van der Waals surface area contributed by atoms with Crippen LogP contribution in [0.15, 0.2) is 71.6 Å². The van der Waals surface area contributed by atoms with Crippen LogP contribution in [0.3, 0.4) is 0 Å². The van der Waals surface area contributed by atoms with Gasteiger partial charge in [-0.1, -0.05) is 42.5 Å². The number of amides is 2. The van der Waals surface area contributed by atoms with Crippen molar-refractivity contribution in [1.82, 2.24) is 9.47 Å². The van der Waals surface area contributed by atoms with Crippen LogP contribution < -0.4 is 4.74 Å². The highest BCUT2D eigenvalue weighted by Gasteiger charge is 2.35. The first-order valence-corrected chi connectivity index (χ1v) is 12.8. The first-order valence-electron chi connectivity index (χ1n) is 12.0. The van der Waals surface area contributed by atoms with Gasteiger partial charge in [0.05, 0.1) is 11.4 Å². The van der Waals surface area contributed by atoms with Crippen molar-refractivity contribution in [3.63, 3.8) is 0 Å². The third-order valence-electron chi connectivity index (χ3n) is 6.42. The Morgan fingerprint density at radius 2 is 1.61 bits per heavy atom. The summed E-state index contributed by atoms with van der Waals surface area (Å²) >= 11 is 0.984. The van der Waals surface area contributed by atoms with Gasteiger partial charge in [-0.25, -0.2) is 0 Å². The number of carbonyl (C=O) groups excluding carboxylic acids is 2. The minimum Gasteiger partial charge on any atom is -0.491 e. The van der Waals surface area contributed by atoms with Crippen molar-refractivity contribution >= 4 is 39.8 Å². The number of carbonyl (C=O) groups is 2. The molecule has 1 fully saturated rings. The molecule has 1 aromatic heterocycles. The van der Waals surface area contributed by atoms with E-state index in [1.807, 2.05) is 55.5 Å². The van der Waals surface area contributed by atoms with Crippen molar-refractivity contribution in [3.8, 4) is 11.4 Å². The van der Waals surface area contributed by atoms with E-state index in [4.69, 9.17) is 4.74 Å². The van der Waals surface area contributed by atoms with Crippen LogP contribution in [0.1, 0.15) is 28.1 Å². The van der Waals surface area contributed by atoms with Crippen LogP contribution in [0, 0.1) is 27.7 Å². The van der Waals surface area contributed by atoms with Gasteiger partial charge in [0, 0.05) is 22.5 Å². The Morgan fingerprint density at radius 3 is 2.39 bits per heavy atom. The second kappa shape index (κ2) is 9.70. The zero-order valence-corrected chi connectivity index (χ0v) is 21.7. The highest BCUT2D eigenvalue weighted by atomic mass is 32.2. The Morgan fingerprint density at radius 1 is 0.889 bits per heavy atom. The fourth-order valence-electron chi connectivity index (χ4n) is 4.81. The van der Waals surface area contributed by atoms with Crippen LogP contribution in [0.4, 0.5) is 4.79 Å². The van der Waals surface area contributed by atoms with Crippen molar-refractivity contribution in [3.05, 3.63) is 99.7 Å². The molecule has 2 amide bonds. The normalized spacial score (nSPS) is 14.9. The smallest absolute Gasteiger partial charge is 0.293 e. The molecule has 0 unspecified atom stereocenters. The van der Waals surface area contributed by atoms with Gasteiger partial charge in [0.15, 0.2) is 0 Å². The average Bonchev–Trinajstić information content (AvgIpc) is 3.27. The molecule has 6 heteroatoms. The Hall–Kier alpha value is -3.77. The molecule has 0 saturated carbocycles. The molecule has 1 aliphatic heterocycles. The summed E-state index contributed by atoms with van der Waals surface area (Å²) in [5.74, 6) is 0.470. The number of thioether (sulfide) groups is 1. The van der Waals surface area contributed by atoms with Crippen LogP contribution in [0.25, 0.3) is 22.5 Å². The number of hydrogen-bond donors (Lipinski definition) is 0. The van der Waals surface area contributed by atoms with Gasteiger partial charge in [-0.3, -0.25) is 14.5 Å². The van der Waals surface area contributed by atoms with Crippen molar-refractivity contribution < 1.29 is 14.3 Å². The van der Waals surface area contributed by atoms with Gasteiger partial charge in [0.25, 0.3) is 11.1 Å². The van der Waals surface area contributed by atoms with E-state index in [9.17, 15) is 9.59 Å². The van der Waals surface area contributed by atoms with Gasteiger partial charge in [-0.05, 0) is 91.9 Å². The van der Waals surface area contributed by atoms with Crippen molar-refractivity contribution in [2.75, 3.05) is 13.2 Å². The van der Waals surface area contributed by atoms with E-state index in [1.54, 1.807) is 0 Å². The quantitative estimate of drug-likeness (QED) is 0.270. The molecule has 0 radical (unpaired) electrons. The van der Waals surface area contributed by atoms with Gasteiger partial charge >= 0.3 is 0 Å². The standard InChI is InChI=1S/C30H28N2O3S/c1-19-14-20(2)16-25(15-19)32-21(3)17-24(22(32)4)18-28-29(33)31(30(34)36-28)12-13-35-27-11-7-9-23-8-5-6-10-26(23)27/h5-11,14-18H,12-13H2,1-4H3/b28-18-. The molecule has 4 aromatic rings. The second-order valence-electron chi connectivity index (χ2n) is 9.17. The largest absolute Gasteiger partial charge is 0.491 e. The molecule has 182 valence electrons. The average molecular weight is 497 g/mol. The zero-order valence-electron chi connectivity index (χ0n) is 20.9. The van der Waals surface area contributed by atoms with E-state index in [0.717, 1.165) is 50.9 Å². The van der Waals surface area contributed by atoms with Crippen LogP contribution >= 0.6 is 11.8 Å². The van der Waals surface area contributed by atoms with Crippen molar-refractivity contribution in [2.24, 2.45) is 0 Å². The molecule has 0 aliphatic carbocycles. The maximum absolute atomic E-state index is 13.1. The predicted molar refractivity (Wildman–Crippen MR) is 147 cm³/mol. The molecule has 1 aliphatic rings. The summed E-state index contributed by atoms with van der Waals surface area (Å²) in [6, 6.07) is 22.4. The summed E-state index contributed by atoms with van der Waals surface area (Å²) in [7, 11) is 0. The van der Waals surface area contributed by atoms with Gasteiger partial charge < -0.3 is 9.30 Å². The van der Waals surface area contributed by atoms with Crippen LogP contribution in [-0.4, -0.2) is 33.8 Å². The summed E-state index contributed by atoms with van der Waals surface area (Å²) < 4.78 is 8.15. The first kappa shape index (κ1) is 23.9. The first-order chi connectivity index (χ1) is 17.3. The molecule has 0 spiro atoms. The van der Waals surface area contributed by atoms with Gasteiger partial charge in [-0.15, -0.1) is 0 Å².